The van der Waals surface area contributed by atoms with E-state index in [2.05, 4.69) is 10.6 Å². The van der Waals surface area contributed by atoms with E-state index in [1.54, 1.807) is 24.3 Å². The van der Waals surface area contributed by atoms with Gasteiger partial charge in [0, 0.05) is 25.1 Å². The van der Waals surface area contributed by atoms with E-state index in [1.807, 2.05) is 30.3 Å². The van der Waals surface area contributed by atoms with E-state index >= 15 is 0 Å². The van der Waals surface area contributed by atoms with Crippen molar-refractivity contribution in [2.75, 3.05) is 6.54 Å². The smallest absolute Gasteiger partial charge is 0.332 e. The molecule has 2 amide bonds. The van der Waals surface area contributed by atoms with Gasteiger partial charge in [-0.25, -0.2) is 4.79 Å². The summed E-state index contributed by atoms with van der Waals surface area (Å²) in [5.41, 5.74) is 0.414. The maximum absolute atomic E-state index is 12.5. The van der Waals surface area contributed by atoms with Gasteiger partial charge in [-0.15, -0.1) is 0 Å². The Bertz CT molecular complexity index is 920. The SMILES string of the molecule is CC(=O)N[C@H](CC[C@@H](O)C(=O)O)C[C@H](O)CCNC(=O)c1cccc(Oc2ccccc2)c1. The van der Waals surface area contributed by atoms with E-state index in [-0.39, 0.29) is 44.0 Å². The minimum atomic E-state index is -1.53. The Labute approximate surface area is 192 Å². The first-order valence-electron chi connectivity index (χ1n) is 10.7. The Morgan fingerprint density at radius 2 is 1.64 bits per heavy atom. The first-order valence-corrected chi connectivity index (χ1v) is 10.7. The predicted molar refractivity (Wildman–Crippen MR) is 121 cm³/mol. The molecule has 33 heavy (non-hydrogen) atoms. The van der Waals surface area contributed by atoms with Crippen LogP contribution in [0.4, 0.5) is 0 Å². The van der Waals surface area contributed by atoms with Crippen LogP contribution in [0.1, 0.15) is 43.0 Å². The van der Waals surface area contributed by atoms with Crippen LogP contribution < -0.4 is 15.4 Å². The lowest BCUT2D eigenvalue weighted by molar-refractivity contribution is -0.147. The van der Waals surface area contributed by atoms with Gasteiger partial charge in [0.15, 0.2) is 6.10 Å². The zero-order valence-electron chi connectivity index (χ0n) is 18.4. The highest BCUT2D eigenvalue weighted by Gasteiger charge is 2.20. The molecule has 9 nitrogen and oxygen atoms in total. The van der Waals surface area contributed by atoms with Crippen molar-refractivity contribution >= 4 is 17.8 Å². The summed E-state index contributed by atoms with van der Waals surface area (Å²) in [5, 5.41) is 33.9. The first kappa shape index (κ1) is 25.8. The number of carboxylic acid groups (broad SMARTS) is 1. The molecular formula is C24H30N2O7. The summed E-state index contributed by atoms with van der Waals surface area (Å²) in [6.45, 7) is 1.52. The number of hydrogen-bond donors (Lipinski definition) is 5. The summed E-state index contributed by atoms with van der Waals surface area (Å²) >= 11 is 0. The number of carbonyl (C=O) groups excluding carboxylic acids is 2. The third-order valence-corrected chi connectivity index (χ3v) is 4.88. The van der Waals surface area contributed by atoms with Crippen LogP contribution >= 0.6 is 0 Å². The molecule has 9 heteroatoms. The minimum Gasteiger partial charge on any atom is -0.479 e. The largest absolute Gasteiger partial charge is 0.479 e. The van der Waals surface area contributed by atoms with E-state index in [1.165, 1.54) is 6.92 Å². The summed E-state index contributed by atoms with van der Waals surface area (Å²) < 4.78 is 5.73. The monoisotopic (exact) mass is 458 g/mol. The molecule has 3 atom stereocenters. The van der Waals surface area contributed by atoms with Crippen molar-refractivity contribution in [2.45, 2.75) is 50.9 Å². The van der Waals surface area contributed by atoms with Gasteiger partial charge in [0.25, 0.3) is 5.91 Å². The quantitative estimate of drug-likeness (QED) is 0.309. The molecule has 2 rings (SSSR count). The second kappa shape index (κ2) is 13.2. The average Bonchev–Trinajstić information content (AvgIpc) is 2.77. The molecular weight excluding hydrogens is 428 g/mol. The summed E-state index contributed by atoms with van der Waals surface area (Å²) in [4.78, 5) is 34.6. The summed E-state index contributed by atoms with van der Waals surface area (Å²) in [6.07, 6.45) is -1.81. The highest BCUT2D eigenvalue weighted by Crippen LogP contribution is 2.21. The predicted octanol–water partition coefficient (Wildman–Crippen LogP) is 2.08. The van der Waals surface area contributed by atoms with Crippen LogP contribution in [0.2, 0.25) is 0 Å². The molecule has 0 saturated carbocycles. The first-order chi connectivity index (χ1) is 15.7. The Kier molecular flexibility index (Phi) is 10.3. The summed E-state index contributed by atoms with van der Waals surface area (Å²) in [7, 11) is 0. The van der Waals surface area contributed by atoms with Crippen molar-refractivity contribution in [2.24, 2.45) is 0 Å². The minimum absolute atomic E-state index is 0.0505. The van der Waals surface area contributed by atoms with Crippen molar-refractivity contribution < 1.29 is 34.4 Å². The van der Waals surface area contributed by atoms with Gasteiger partial charge in [-0.3, -0.25) is 9.59 Å². The fourth-order valence-corrected chi connectivity index (χ4v) is 3.25. The van der Waals surface area contributed by atoms with Crippen LogP contribution in [0.3, 0.4) is 0 Å². The van der Waals surface area contributed by atoms with Crippen LogP contribution in [-0.2, 0) is 9.59 Å². The molecule has 0 radical (unpaired) electrons. The second-order valence-corrected chi connectivity index (χ2v) is 7.71. The van der Waals surface area contributed by atoms with Gasteiger partial charge in [-0.05, 0) is 56.0 Å². The highest BCUT2D eigenvalue weighted by molar-refractivity contribution is 5.94. The maximum Gasteiger partial charge on any atom is 0.332 e. The van der Waals surface area contributed by atoms with Gasteiger partial charge < -0.3 is 30.7 Å². The van der Waals surface area contributed by atoms with E-state index in [0.29, 0.717) is 17.1 Å². The normalized spacial score (nSPS) is 13.4. The molecule has 0 aliphatic carbocycles. The number of benzene rings is 2. The van der Waals surface area contributed by atoms with Gasteiger partial charge in [0.1, 0.15) is 11.5 Å². The van der Waals surface area contributed by atoms with Crippen LogP contribution in [0.5, 0.6) is 11.5 Å². The number of amides is 2. The summed E-state index contributed by atoms with van der Waals surface area (Å²) in [6, 6.07) is 15.4. The zero-order chi connectivity index (χ0) is 24.2. The molecule has 0 heterocycles. The Hall–Kier alpha value is -3.43. The molecule has 178 valence electrons. The molecule has 0 unspecified atom stereocenters. The molecule has 0 spiro atoms. The van der Waals surface area contributed by atoms with Crippen LogP contribution in [0.15, 0.2) is 54.6 Å². The van der Waals surface area contributed by atoms with E-state index in [9.17, 15) is 24.6 Å². The van der Waals surface area contributed by atoms with Crippen molar-refractivity contribution in [3.63, 3.8) is 0 Å². The second-order valence-electron chi connectivity index (χ2n) is 7.71. The maximum atomic E-state index is 12.5. The number of rotatable bonds is 13. The van der Waals surface area contributed by atoms with Gasteiger partial charge in [-0.2, -0.15) is 0 Å². The fraction of sp³-hybridized carbons (Fsp3) is 0.375. The standard InChI is InChI=1S/C24H30N2O7/c1-16(27)26-18(10-11-22(29)24(31)32)15-19(28)12-13-25-23(30)17-6-5-9-21(14-17)33-20-7-3-2-4-8-20/h2-9,14,18-19,22,28-29H,10-13,15H2,1H3,(H,25,30)(H,26,27)(H,31,32)/t18-,19-,22-/m1/s1. The third kappa shape index (κ3) is 9.71. The Morgan fingerprint density at radius 1 is 0.939 bits per heavy atom. The van der Waals surface area contributed by atoms with Crippen LogP contribution in [0, 0.1) is 0 Å². The molecule has 2 aromatic rings. The van der Waals surface area contributed by atoms with Crippen molar-refractivity contribution in [1.29, 1.82) is 0 Å². The average molecular weight is 459 g/mol. The van der Waals surface area contributed by atoms with Gasteiger partial charge in [-0.1, -0.05) is 24.3 Å². The number of aliphatic hydroxyl groups is 2. The third-order valence-electron chi connectivity index (χ3n) is 4.88. The van der Waals surface area contributed by atoms with Crippen molar-refractivity contribution in [3.8, 4) is 11.5 Å². The number of aliphatic carboxylic acids is 1. The molecule has 0 aromatic heterocycles. The number of para-hydroxylation sites is 1. The van der Waals surface area contributed by atoms with Crippen LogP contribution in [-0.4, -0.2) is 57.9 Å². The molecule has 0 saturated heterocycles. The lowest BCUT2D eigenvalue weighted by Gasteiger charge is -2.22. The number of aliphatic hydroxyl groups excluding tert-OH is 2. The summed E-state index contributed by atoms with van der Waals surface area (Å²) in [5.74, 6) is -0.789. The molecule has 0 aliphatic rings. The Balaban J connectivity index is 1.81. The van der Waals surface area contributed by atoms with Crippen molar-refractivity contribution in [3.05, 3.63) is 60.2 Å². The number of nitrogens with one attached hydrogen (secondary N) is 2. The zero-order valence-corrected chi connectivity index (χ0v) is 18.4. The van der Waals surface area contributed by atoms with Crippen molar-refractivity contribution in [1.82, 2.24) is 10.6 Å². The number of carbonyl (C=O) groups is 3. The molecule has 0 aliphatic heterocycles. The van der Waals surface area contributed by atoms with Crippen LogP contribution in [0.25, 0.3) is 0 Å². The number of carboxylic acids is 1. The van der Waals surface area contributed by atoms with Gasteiger partial charge >= 0.3 is 5.97 Å². The number of hydrogen-bond acceptors (Lipinski definition) is 6. The number of ether oxygens (including phenoxy) is 1. The van der Waals surface area contributed by atoms with E-state index < -0.39 is 24.2 Å². The highest BCUT2D eigenvalue weighted by atomic mass is 16.5. The fourth-order valence-electron chi connectivity index (χ4n) is 3.25. The van der Waals surface area contributed by atoms with E-state index in [0.717, 1.165) is 0 Å². The molecule has 2 aromatic carbocycles. The Morgan fingerprint density at radius 3 is 2.30 bits per heavy atom. The van der Waals surface area contributed by atoms with E-state index in [4.69, 9.17) is 9.84 Å². The lowest BCUT2D eigenvalue weighted by Crippen LogP contribution is -2.38. The molecule has 5 N–H and O–H groups in total. The molecule has 0 fully saturated rings. The van der Waals surface area contributed by atoms with Gasteiger partial charge in [0.2, 0.25) is 5.91 Å². The van der Waals surface area contributed by atoms with Gasteiger partial charge in [0.05, 0.1) is 6.10 Å². The topological polar surface area (TPSA) is 145 Å². The molecule has 0 bridgehead atoms. The lowest BCUT2D eigenvalue weighted by atomic mass is 10.00.